The maximum absolute atomic E-state index is 4.84. The highest BCUT2D eigenvalue weighted by Crippen LogP contribution is 2.31. The smallest absolute Gasteiger partial charge is 0.113 e. The van der Waals surface area contributed by atoms with Crippen LogP contribution >= 0.6 is 0 Å². The maximum Gasteiger partial charge on any atom is 0.113 e. The lowest BCUT2D eigenvalue weighted by atomic mass is 10.1. The number of hydrogen-bond acceptors (Lipinski definition) is 4. The molecule has 0 amide bonds. The number of benzene rings is 1. The zero-order chi connectivity index (χ0) is 16.8. The zero-order valence-electron chi connectivity index (χ0n) is 14.2. The largest absolute Gasteiger partial charge is 0.261 e. The van der Waals surface area contributed by atoms with Crippen LogP contribution in [0.15, 0.2) is 47.6 Å². The minimum Gasteiger partial charge on any atom is -0.261 e. The Balaban J connectivity index is 1.46. The van der Waals surface area contributed by atoms with E-state index in [0.29, 0.717) is 0 Å². The van der Waals surface area contributed by atoms with E-state index < -0.39 is 0 Å². The summed E-state index contributed by atoms with van der Waals surface area (Å²) in [5.74, 6) is 0.790. The topological polar surface area (TPSA) is 56.0 Å². The van der Waals surface area contributed by atoms with Gasteiger partial charge >= 0.3 is 0 Å². The molecule has 0 bridgehead atoms. The minimum absolute atomic E-state index is 0.790. The SMILES string of the molecule is Cc1ncccc1C1=CCC(c2ccc3c(c2)nnn3CC2CC2)=N1. The van der Waals surface area contributed by atoms with Gasteiger partial charge in [-0.3, -0.25) is 9.98 Å². The fourth-order valence-electron chi connectivity index (χ4n) is 3.37. The molecule has 5 rings (SSSR count). The molecule has 1 saturated carbocycles. The Hall–Kier alpha value is -2.82. The van der Waals surface area contributed by atoms with Crippen molar-refractivity contribution in [1.82, 2.24) is 20.0 Å². The average molecular weight is 329 g/mol. The Morgan fingerprint density at radius 1 is 1.20 bits per heavy atom. The molecule has 5 heteroatoms. The number of aromatic nitrogens is 4. The normalized spacial score (nSPS) is 17.0. The summed E-state index contributed by atoms with van der Waals surface area (Å²) < 4.78 is 2.04. The summed E-state index contributed by atoms with van der Waals surface area (Å²) in [4.78, 5) is 9.21. The minimum atomic E-state index is 0.790. The molecule has 3 aromatic rings. The Labute approximate surface area is 146 Å². The van der Waals surface area contributed by atoms with E-state index in [2.05, 4.69) is 45.6 Å². The van der Waals surface area contributed by atoms with Gasteiger partial charge in [-0.1, -0.05) is 17.4 Å². The molecule has 0 N–H and O–H groups in total. The molecule has 0 unspecified atom stereocenters. The van der Waals surface area contributed by atoms with Crippen molar-refractivity contribution in [3.8, 4) is 0 Å². The summed E-state index contributed by atoms with van der Waals surface area (Å²) in [7, 11) is 0. The van der Waals surface area contributed by atoms with Crippen molar-refractivity contribution >= 4 is 22.4 Å². The maximum atomic E-state index is 4.84. The lowest BCUT2D eigenvalue weighted by Gasteiger charge is -2.04. The van der Waals surface area contributed by atoms with Gasteiger partial charge in [0.1, 0.15) is 5.52 Å². The van der Waals surface area contributed by atoms with E-state index in [1.807, 2.05) is 23.9 Å². The number of allylic oxidation sites excluding steroid dienone is 1. The molecule has 25 heavy (non-hydrogen) atoms. The van der Waals surface area contributed by atoms with Crippen LogP contribution in [0, 0.1) is 12.8 Å². The summed E-state index contributed by atoms with van der Waals surface area (Å²) in [5, 5.41) is 8.68. The number of rotatable bonds is 4. The summed E-state index contributed by atoms with van der Waals surface area (Å²) >= 11 is 0. The molecule has 0 atom stereocenters. The number of fused-ring (bicyclic) bond motifs is 1. The number of aliphatic imine (C=N–C) groups is 1. The third kappa shape index (κ3) is 2.65. The summed E-state index contributed by atoms with van der Waals surface area (Å²) in [6.07, 6.45) is 7.47. The second-order valence-corrected chi connectivity index (χ2v) is 6.91. The third-order valence-electron chi connectivity index (χ3n) is 5.00. The van der Waals surface area contributed by atoms with E-state index in [0.717, 1.165) is 58.1 Å². The fourth-order valence-corrected chi connectivity index (χ4v) is 3.37. The van der Waals surface area contributed by atoms with Gasteiger partial charge in [0.15, 0.2) is 0 Å². The molecule has 0 spiro atoms. The van der Waals surface area contributed by atoms with Gasteiger partial charge < -0.3 is 0 Å². The quantitative estimate of drug-likeness (QED) is 0.732. The number of pyridine rings is 1. The highest BCUT2D eigenvalue weighted by atomic mass is 15.4. The van der Waals surface area contributed by atoms with Gasteiger partial charge in [-0.05, 0) is 55.5 Å². The Kier molecular flexibility index (Phi) is 3.26. The first-order valence-electron chi connectivity index (χ1n) is 8.81. The summed E-state index contributed by atoms with van der Waals surface area (Å²) in [5.41, 5.74) is 7.40. The molecule has 1 fully saturated rings. The van der Waals surface area contributed by atoms with E-state index in [4.69, 9.17) is 4.99 Å². The van der Waals surface area contributed by atoms with Crippen LogP contribution in [0.3, 0.4) is 0 Å². The molecule has 3 heterocycles. The molecule has 0 saturated heterocycles. The highest BCUT2D eigenvalue weighted by Gasteiger charge is 2.23. The van der Waals surface area contributed by atoms with Crippen molar-refractivity contribution in [2.75, 3.05) is 0 Å². The van der Waals surface area contributed by atoms with Gasteiger partial charge in [0.25, 0.3) is 0 Å². The average Bonchev–Trinajstić information content (AvgIpc) is 3.16. The predicted molar refractivity (Wildman–Crippen MR) is 98.4 cm³/mol. The van der Waals surface area contributed by atoms with Crippen molar-refractivity contribution in [1.29, 1.82) is 0 Å². The third-order valence-corrected chi connectivity index (χ3v) is 5.00. The van der Waals surface area contributed by atoms with Crippen LogP contribution in [0.5, 0.6) is 0 Å². The zero-order valence-corrected chi connectivity index (χ0v) is 14.2. The monoisotopic (exact) mass is 329 g/mol. The van der Waals surface area contributed by atoms with E-state index in [-0.39, 0.29) is 0 Å². The summed E-state index contributed by atoms with van der Waals surface area (Å²) in [6.45, 7) is 3.01. The fraction of sp³-hybridized carbons (Fsp3) is 0.300. The molecule has 0 radical (unpaired) electrons. The standard InChI is InChI=1S/C20H19N5/c1-13-16(3-2-10-21-13)18-8-7-17(22-18)15-6-9-20-19(11-15)23-24-25(20)12-14-4-5-14/h2-3,6,8-11,14H,4-5,7,12H2,1H3. The molecule has 5 nitrogen and oxygen atoms in total. The van der Waals surface area contributed by atoms with Crippen LogP contribution in [0.2, 0.25) is 0 Å². The lowest BCUT2D eigenvalue weighted by Crippen LogP contribution is -2.02. The predicted octanol–water partition coefficient (Wildman–Crippen LogP) is 3.78. The van der Waals surface area contributed by atoms with Gasteiger partial charge in [0.05, 0.1) is 16.9 Å². The van der Waals surface area contributed by atoms with Crippen molar-refractivity contribution in [3.63, 3.8) is 0 Å². The van der Waals surface area contributed by atoms with Gasteiger partial charge in [-0.25, -0.2) is 4.68 Å². The molecule has 1 aromatic carbocycles. The molecule has 2 aromatic heterocycles. The van der Waals surface area contributed by atoms with Crippen LogP contribution in [-0.4, -0.2) is 25.7 Å². The summed E-state index contributed by atoms with van der Waals surface area (Å²) in [6, 6.07) is 10.4. The first-order valence-corrected chi connectivity index (χ1v) is 8.81. The molecular formula is C20H19N5. The van der Waals surface area contributed by atoms with Gasteiger partial charge in [-0.2, -0.15) is 0 Å². The second-order valence-electron chi connectivity index (χ2n) is 6.91. The van der Waals surface area contributed by atoms with Crippen LogP contribution in [0.1, 0.15) is 36.1 Å². The van der Waals surface area contributed by atoms with Crippen LogP contribution in [0.25, 0.3) is 16.7 Å². The van der Waals surface area contributed by atoms with Crippen molar-refractivity contribution in [2.24, 2.45) is 10.9 Å². The number of nitrogens with zero attached hydrogens (tertiary/aromatic N) is 5. The van der Waals surface area contributed by atoms with E-state index in [1.54, 1.807) is 0 Å². The molecule has 2 aliphatic rings. The Morgan fingerprint density at radius 2 is 2.12 bits per heavy atom. The Morgan fingerprint density at radius 3 is 2.96 bits per heavy atom. The highest BCUT2D eigenvalue weighted by molar-refractivity contribution is 6.08. The van der Waals surface area contributed by atoms with Crippen LogP contribution in [0.4, 0.5) is 0 Å². The van der Waals surface area contributed by atoms with Gasteiger partial charge in [0, 0.05) is 30.4 Å². The molecule has 1 aliphatic heterocycles. The van der Waals surface area contributed by atoms with Crippen LogP contribution in [-0.2, 0) is 6.54 Å². The van der Waals surface area contributed by atoms with E-state index in [1.165, 1.54) is 12.8 Å². The molecular weight excluding hydrogens is 310 g/mol. The molecule has 1 aliphatic carbocycles. The first kappa shape index (κ1) is 14.5. The second kappa shape index (κ2) is 5.62. The van der Waals surface area contributed by atoms with E-state index >= 15 is 0 Å². The van der Waals surface area contributed by atoms with E-state index in [9.17, 15) is 0 Å². The van der Waals surface area contributed by atoms with Crippen molar-refractivity contribution in [2.45, 2.75) is 32.7 Å². The van der Waals surface area contributed by atoms with Crippen LogP contribution < -0.4 is 0 Å². The van der Waals surface area contributed by atoms with Crippen molar-refractivity contribution < 1.29 is 0 Å². The first-order chi connectivity index (χ1) is 12.3. The van der Waals surface area contributed by atoms with Gasteiger partial charge in [-0.15, -0.1) is 5.10 Å². The number of hydrogen-bond donors (Lipinski definition) is 0. The lowest BCUT2D eigenvalue weighted by molar-refractivity contribution is 0.559. The van der Waals surface area contributed by atoms with Gasteiger partial charge in [0.2, 0.25) is 0 Å². The Bertz CT molecular complexity index is 1020. The number of aryl methyl sites for hydroxylation is 1. The molecule has 124 valence electrons. The van der Waals surface area contributed by atoms with Crippen molar-refractivity contribution in [3.05, 3.63) is 59.4 Å².